The Morgan fingerprint density at radius 1 is 0.717 bits per heavy atom. The van der Waals surface area contributed by atoms with E-state index in [-0.39, 0.29) is 24.9 Å². The van der Waals surface area contributed by atoms with Crippen LogP contribution < -0.4 is 0 Å². The fourth-order valence-electron chi connectivity index (χ4n) is 7.23. The molecule has 0 heterocycles. The molecule has 46 heavy (non-hydrogen) atoms. The second kappa shape index (κ2) is 11.8. The molecule has 4 aromatic rings. The molecular formula is C40H36F2O4. The lowest BCUT2D eigenvalue weighted by Crippen LogP contribution is -2.33. The largest absolute Gasteiger partial charge is 0.461 e. The Morgan fingerprint density at radius 3 is 1.89 bits per heavy atom. The molecule has 0 N–H and O–H groups in total. The molecule has 4 nitrogen and oxygen atoms in total. The van der Waals surface area contributed by atoms with Crippen LogP contribution in [-0.4, -0.2) is 31.1 Å². The number of fused-ring (bicyclic) bond motifs is 6. The molecule has 0 bridgehead atoms. The van der Waals surface area contributed by atoms with E-state index >= 15 is 0 Å². The highest BCUT2D eigenvalue weighted by atomic mass is 19.3. The van der Waals surface area contributed by atoms with Crippen molar-refractivity contribution in [2.24, 2.45) is 0 Å². The van der Waals surface area contributed by atoms with Crippen LogP contribution in [0.3, 0.4) is 0 Å². The Bertz CT molecular complexity index is 1870. The maximum Gasteiger partial charge on any atom is 0.330 e. The summed E-state index contributed by atoms with van der Waals surface area (Å²) < 4.78 is 40.0. The fourth-order valence-corrected chi connectivity index (χ4v) is 7.23. The van der Waals surface area contributed by atoms with Crippen molar-refractivity contribution in [3.8, 4) is 33.4 Å². The quantitative estimate of drug-likeness (QED) is 0.124. The number of carbonyl (C=O) groups is 2. The monoisotopic (exact) mass is 618 g/mol. The number of ether oxygens (including phenoxy) is 2. The minimum absolute atomic E-state index is 0.0329. The van der Waals surface area contributed by atoms with Crippen molar-refractivity contribution in [3.63, 3.8) is 0 Å². The van der Waals surface area contributed by atoms with Gasteiger partial charge in [0.25, 0.3) is 5.92 Å². The summed E-state index contributed by atoms with van der Waals surface area (Å²) in [6, 6.07) is 29.2. The Kier molecular flexibility index (Phi) is 8.01. The number of carbonyl (C=O) groups excluding carboxylic acids is 2. The van der Waals surface area contributed by atoms with Crippen LogP contribution in [0.15, 0.2) is 110 Å². The van der Waals surface area contributed by atoms with Crippen molar-refractivity contribution >= 4 is 11.9 Å². The SMILES string of the molecule is C=CC(=O)OCC(F)(F)CCCC1(COC(=O)C=C)c2ccccc2-c2ccc(-c3ccc4c(c3)C(C)(C)c3ccccc3-4)cc21. The van der Waals surface area contributed by atoms with Gasteiger partial charge in [0.05, 0.1) is 5.41 Å². The molecule has 0 spiro atoms. The van der Waals surface area contributed by atoms with Gasteiger partial charge in [-0.05, 0) is 80.6 Å². The van der Waals surface area contributed by atoms with E-state index in [0.29, 0.717) is 0 Å². The van der Waals surface area contributed by atoms with Crippen LogP contribution in [0, 0.1) is 0 Å². The molecule has 6 heteroatoms. The lowest BCUT2D eigenvalue weighted by Gasteiger charge is -2.32. The van der Waals surface area contributed by atoms with Gasteiger partial charge in [0.15, 0.2) is 6.61 Å². The zero-order valence-electron chi connectivity index (χ0n) is 26.1. The van der Waals surface area contributed by atoms with E-state index < -0.39 is 36.3 Å². The van der Waals surface area contributed by atoms with Crippen molar-refractivity contribution in [2.45, 2.75) is 49.9 Å². The highest BCUT2D eigenvalue weighted by molar-refractivity contribution is 5.87. The fraction of sp³-hybridized carbons (Fsp3) is 0.250. The molecule has 0 saturated heterocycles. The molecular weight excluding hydrogens is 582 g/mol. The van der Waals surface area contributed by atoms with Crippen LogP contribution in [0.25, 0.3) is 33.4 Å². The maximum atomic E-state index is 14.8. The van der Waals surface area contributed by atoms with Crippen molar-refractivity contribution in [2.75, 3.05) is 13.2 Å². The van der Waals surface area contributed by atoms with Gasteiger partial charge in [-0.15, -0.1) is 0 Å². The molecule has 1 atom stereocenters. The molecule has 1 unspecified atom stereocenters. The first kappa shape index (κ1) is 31.2. The normalized spacial score (nSPS) is 16.9. The van der Waals surface area contributed by atoms with Crippen LogP contribution in [-0.2, 0) is 29.9 Å². The first-order valence-corrected chi connectivity index (χ1v) is 15.5. The van der Waals surface area contributed by atoms with Gasteiger partial charge in [-0.1, -0.05) is 99.8 Å². The topological polar surface area (TPSA) is 52.6 Å². The summed E-state index contributed by atoms with van der Waals surface area (Å²) in [5.74, 6) is -4.70. The molecule has 6 rings (SSSR count). The smallest absolute Gasteiger partial charge is 0.330 e. The van der Waals surface area contributed by atoms with Crippen LogP contribution in [0.4, 0.5) is 8.78 Å². The van der Waals surface area contributed by atoms with E-state index in [1.807, 2.05) is 24.3 Å². The average molecular weight is 619 g/mol. The van der Waals surface area contributed by atoms with Crippen LogP contribution in [0.2, 0.25) is 0 Å². The molecule has 0 aromatic heterocycles. The molecule has 4 aromatic carbocycles. The van der Waals surface area contributed by atoms with Crippen LogP contribution >= 0.6 is 0 Å². The van der Waals surface area contributed by atoms with E-state index in [9.17, 15) is 18.4 Å². The van der Waals surface area contributed by atoms with Gasteiger partial charge >= 0.3 is 11.9 Å². The van der Waals surface area contributed by atoms with Crippen LogP contribution in [0.5, 0.6) is 0 Å². The van der Waals surface area contributed by atoms with Crippen molar-refractivity contribution in [3.05, 3.63) is 132 Å². The molecule has 0 saturated carbocycles. The molecule has 2 aliphatic carbocycles. The van der Waals surface area contributed by atoms with Gasteiger partial charge in [-0.25, -0.2) is 18.4 Å². The summed E-state index contributed by atoms with van der Waals surface area (Å²) in [7, 11) is 0. The summed E-state index contributed by atoms with van der Waals surface area (Å²) >= 11 is 0. The first-order chi connectivity index (χ1) is 22.0. The van der Waals surface area contributed by atoms with Crippen molar-refractivity contribution < 1.29 is 27.8 Å². The Morgan fingerprint density at radius 2 is 1.24 bits per heavy atom. The molecule has 0 amide bonds. The Hall–Kier alpha value is -4.84. The van der Waals surface area contributed by atoms with E-state index in [2.05, 4.69) is 92.4 Å². The van der Waals surface area contributed by atoms with Gasteiger partial charge in [-0.2, -0.15) is 0 Å². The van der Waals surface area contributed by atoms with Gasteiger partial charge in [0.2, 0.25) is 0 Å². The molecule has 0 radical (unpaired) electrons. The van der Waals surface area contributed by atoms with E-state index in [4.69, 9.17) is 4.74 Å². The predicted molar refractivity (Wildman–Crippen MR) is 177 cm³/mol. The third-order valence-corrected chi connectivity index (χ3v) is 9.55. The molecule has 2 aliphatic rings. The summed E-state index contributed by atoms with van der Waals surface area (Å²) in [4.78, 5) is 23.8. The lowest BCUT2D eigenvalue weighted by molar-refractivity contribution is -0.150. The van der Waals surface area contributed by atoms with Gasteiger partial charge in [0.1, 0.15) is 6.61 Å². The summed E-state index contributed by atoms with van der Waals surface area (Å²) in [5.41, 5.74) is 9.83. The zero-order chi connectivity index (χ0) is 32.7. The van der Waals surface area contributed by atoms with Gasteiger partial charge < -0.3 is 9.47 Å². The number of halogens is 2. The highest BCUT2D eigenvalue weighted by Gasteiger charge is 2.45. The van der Waals surface area contributed by atoms with Crippen molar-refractivity contribution in [1.29, 1.82) is 0 Å². The van der Waals surface area contributed by atoms with Crippen molar-refractivity contribution in [1.82, 2.24) is 0 Å². The van der Waals surface area contributed by atoms with Gasteiger partial charge in [-0.3, -0.25) is 0 Å². The minimum Gasteiger partial charge on any atom is -0.461 e. The lowest BCUT2D eigenvalue weighted by atomic mass is 9.74. The van der Waals surface area contributed by atoms with Gasteiger partial charge in [0, 0.05) is 24.0 Å². The van der Waals surface area contributed by atoms with E-state index in [1.54, 1.807) is 0 Å². The second-order valence-corrected chi connectivity index (χ2v) is 12.7. The summed E-state index contributed by atoms with van der Waals surface area (Å²) in [5, 5.41) is 0. The third-order valence-electron chi connectivity index (χ3n) is 9.55. The zero-order valence-corrected chi connectivity index (χ0v) is 26.1. The van der Waals surface area contributed by atoms with E-state index in [0.717, 1.165) is 45.5 Å². The molecule has 234 valence electrons. The number of benzene rings is 4. The number of esters is 2. The summed E-state index contributed by atoms with van der Waals surface area (Å²) in [6.45, 7) is 10.2. The van der Waals surface area contributed by atoms with E-state index in [1.165, 1.54) is 22.3 Å². The average Bonchev–Trinajstić information content (AvgIpc) is 3.47. The summed E-state index contributed by atoms with van der Waals surface area (Å²) in [6.07, 6.45) is 1.84. The maximum absolute atomic E-state index is 14.8. The van der Waals surface area contributed by atoms with Crippen LogP contribution in [0.1, 0.15) is 55.4 Å². The number of rotatable bonds is 11. The Labute approximate surface area is 268 Å². The standard InChI is InChI=1S/C40H36F2O4/c1-5-36(43)45-24-39(20-11-21-40(41,42)25-46-37(44)6-2)33-15-10-8-13-29(33)31-19-17-27(23-35(31)39)26-16-18-30-28-12-7-9-14-32(28)38(3,4)34(30)22-26/h5-10,12-19,22-23H,1-2,11,20-21,24-25H2,3-4H3. The first-order valence-electron chi connectivity index (χ1n) is 15.5. The molecule has 0 fully saturated rings. The second-order valence-electron chi connectivity index (χ2n) is 12.7. The number of alkyl halides is 2. The molecule has 0 aliphatic heterocycles. The highest BCUT2D eigenvalue weighted by Crippen LogP contribution is 2.54. The Balaban J connectivity index is 1.40. The number of hydrogen-bond donors (Lipinski definition) is 0. The third kappa shape index (κ3) is 5.36. The predicted octanol–water partition coefficient (Wildman–Crippen LogP) is 9.19. The number of hydrogen-bond acceptors (Lipinski definition) is 4. The minimum atomic E-state index is -3.23.